The smallest absolute Gasteiger partial charge is 0.303 e. The van der Waals surface area contributed by atoms with Gasteiger partial charge in [0.2, 0.25) is 0 Å². The molecule has 0 saturated carbocycles. The fraction of sp³-hybridized carbons (Fsp3) is 0.467. The second-order valence-corrected chi connectivity index (χ2v) is 9.38. The number of hydrogen-bond donors (Lipinski definition) is 1. The highest BCUT2D eigenvalue weighted by molar-refractivity contribution is 7.90. The molecule has 0 fully saturated rings. The molecule has 0 atom stereocenters. The number of aromatic nitrogens is 2. The van der Waals surface area contributed by atoms with Crippen LogP contribution in [0, 0.1) is 6.92 Å². The van der Waals surface area contributed by atoms with Crippen molar-refractivity contribution in [3.05, 3.63) is 17.1 Å². The first-order valence-electron chi connectivity index (χ1n) is 7.87. The van der Waals surface area contributed by atoms with Crippen molar-refractivity contribution in [1.29, 1.82) is 0 Å². The molecule has 0 saturated heterocycles. The van der Waals surface area contributed by atoms with Gasteiger partial charge in [0.1, 0.15) is 0 Å². The van der Waals surface area contributed by atoms with E-state index in [4.69, 9.17) is 9.47 Å². The molecule has 142 valence electrons. The highest BCUT2D eigenvalue weighted by Crippen LogP contribution is 2.36. The largest absolute Gasteiger partial charge is 0.383 e. The third kappa shape index (κ3) is 4.13. The van der Waals surface area contributed by atoms with Crippen molar-refractivity contribution < 1.29 is 17.9 Å². The Morgan fingerprint density at radius 1 is 1.04 bits per heavy atom. The summed E-state index contributed by atoms with van der Waals surface area (Å²) in [5, 5.41) is 1.30. The van der Waals surface area contributed by atoms with Crippen molar-refractivity contribution >= 4 is 58.4 Å². The van der Waals surface area contributed by atoms with Crippen LogP contribution in [-0.2, 0) is 19.7 Å². The van der Waals surface area contributed by atoms with E-state index in [1.54, 1.807) is 11.3 Å². The minimum absolute atomic E-state index is 0.234. The lowest BCUT2D eigenvalue weighted by atomic mass is 10.3. The van der Waals surface area contributed by atoms with Crippen LogP contribution in [0.4, 0.5) is 5.13 Å². The number of benzene rings is 1. The van der Waals surface area contributed by atoms with Gasteiger partial charge in [-0.3, -0.25) is 0 Å². The summed E-state index contributed by atoms with van der Waals surface area (Å²) in [4.78, 5) is 8.88. The normalized spacial score (nSPS) is 12.5. The van der Waals surface area contributed by atoms with Gasteiger partial charge in [0.15, 0.2) is 5.13 Å². The van der Waals surface area contributed by atoms with E-state index < -0.39 is 10.2 Å². The van der Waals surface area contributed by atoms with Crippen LogP contribution in [0.25, 0.3) is 20.4 Å². The number of anilines is 1. The second-order valence-electron chi connectivity index (χ2n) is 5.51. The summed E-state index contributed by atoms with van der Waals surface area (Å²) in [6.45, 7) is 3.01. The van der Waals surface area contributed by atoms with Crippen LogP contribution in [-0.4, -0.2) is 63.2 Å². The van der Waals surface area contributed by atoms with Crippen LogP contribution >= 0.6 is 22.7 Å². The van der Waals surface area contributed by atoms with Crippen molar-refractivity contribution in [2.45, 2.75) is 6.92 Å². The molecule has 1 aromatic carbocycles. The number of thiazole rings is 2. The molecule has 3 rings (SSSR count). The molecule has 0 aliphatic rings. The molecular weight excluding hydrogens is 396 g/mol. The summed E-state index contributed by atoms with van der Waals surface area (Å²) >= 11 is 2.89. The Labute approximate surface area is 160 Å². The molecule has 0 radical (unpaired) electrons. The number of nitrogens with one attached hydrogen (secondary N) is 1. The molecule has 11 heteroatoms. The van der Waals surface area contributed by atoms with Crippen LogP contribution in [0.2, 0.25) is 0 Å². The lowest BCUT2D eigenvalue weighted by molar-refractivity contribution is 0.150. The van der Waals surface area contributed by atoms with E-state index in [9.17, 15) is 8.42 Å². The molecule has 0 aliphatic carbocycles. The fourth-order valence-corrected chi connectivity index (χ4v) is 5.81. The summed E-state index contributed by atoms with van der Waals surface area (Å²) in [7, 11) is -0.692. The maximum Gasteiger partial charge on any atom is 0.303 e. The van der Waals surface area contributed by atoms with Gasteiger partial charge in [0.25, 0.3) is 0 Å². The summed E-state index contributed by atoms with van der Waals surface area (Å²) < 4.78 is 41.3. The number of aryl methyl sites for hydroxylation is 1. The molecule has 26 heavy (non-hydrogen) atoms. The van der Waals surface area contributed by atoms with E-state index in [0.29, 0.717) is 18.3 Å². The minimum atomic E-state index is -3.76. The quantitative estimate of drug-likeness (QED) is 0.576. The molecule has 0 aliphatic heterocycles. The van der Waals surface area contributed by atoms with Gasteiger partial charge in [0, 0.05) is 27.3 Å². The van der Waals surface area contributed by atoms with Crippen LogP contribution < -0.4 is 4.72 Å². The van der Waals surface area contributed by atoms with Gasteiger partial charge in [-0.1, -0.05) is 11.3 Å². The maximum atomic E-state index is 12.7. The van der Waals surface area contributed by atoms with E-state index in [2.05, 4.69) is 14.7 Å². The van der Waals surface area contributed by atoms with Crippen molar-refractivity contribution in [2.24, 2.45) is 0 Å². The van der Waals surface area contributed by atoms with E-state index in [1.807, 2.05) is 19.1 Å². The topological polar surface area (TPSA) is 93.7 Å². The van der Waals surface area contributed by atoms with Gasteiger partial charge in [-0.05, 0) is 19.1 Å². The van der Waals surface area contributed by atoms with Crippen molar-refractivity contribution in [3.8, 4) is 0 Å². The van der Waals surface area contributed by atoms with Crippen molar-refractivity contribution in [3.63, 3.8) is 0 Å². The lowest BCUT2D eigenvalue weighted by Crippen LogP contribution is -2.40. The highest BCUT2D eigenvalue weighted by Gasteiger charge is 2.23. The first-order chi connectivity index (χ1) is 12.4. The molecule has 1 N–H and O–H groups in total. The summed E-state index contributed by atoms with van der Waals surface area (Å²) in [5.74, 6) is 0. The Kier molecular flexibility index (Phi) is 6.05. The van der Waals surface area contributed by atoms with E-state index in [1.165, 1.54) is 29.9 Å². The van der Waals surface area contributed by atoms with E-state index in [-0.39, 0.29) is 13.1 Å². The van der Waals surface area contributed by atoms with Gasteiger partial charge >= 0.3 is 10.2 Å². The van der Waals surface area contributed by atoms with Gasteiger partial charge < -0.3 is 9.47 Å². The minimum Gasteiger partial charge on any atom is -0.383 e. The van der Waals surface area contributed by atoms with Crippen LogP contribution in [0.3, 0.4) is 0 Å². The predicted molar refractivity (Wildman–Crippen MR) is 105 cm³/mol. The lowest BCUT2D eigenvalue weighted by Gasteiger charge is -2.21. The Morgan fingerprint density at radius 3 is 2.23 bits per heavy atom. The average Bonchev–Trinajstić information content (AvgIpc) is 3.15. The van der Waals surface area contributed by atoms with Crippen LogP contribution in [0.1, 0.15) is 5.01 Å². The SMILES string of the molecule is COCCN(CCOC)S(=O)(=O)Nc1nc2ccc3nc(C)sc3c2s1. The fourth-order valence-electron chi connectivity index (χ4n) is 2.44. The molecule has 0 unspecified atom stereocenters. The van der Waals surface area contributed by atoms with Gasteiger partial charge in [-0.25, -0.2) is 14.7 Å². The second kappa shape index (κ2) is 8.11. The monoisotopic (exact) mass is 416 g/mol. The highest BCUT2D eigenvalue weighted by atomic mass is 32.2. The number of nitrogens with zero attached hydrogens (tertiary/aromatic N) is 3. The predicted octanol–water partition coefficient (Wildman–Crippen LogP) is 2.47. The number of rotatable bonds is 9. The zero-order valence-corrected chi connectivity index (χ0v) is 17.1. The van der Waals surface area contributed by atoms with Crippen LogP contribution in [0.15, 0.2) is 12.1 Å². The van der Waals surface area contributed by atoms with Crippen molar-refractivity contribution in [2.75, 3.05) is 45.2 Å². The van der Waals surface area contributed by atoms with Crippen molar-refractivity contribution in [1.82, 2.24) is 14.3 Å². The Balaban J connectivity index is 1.89. The number of methoxy groups -OCH3 is 2. The molecular formula is C15H20N4O4S3. The first-order valence-corrected chi connectivity index (χ1v) is 10.9. The standard InChI is InChI=1S/C15H20N4O4S3/c1-10-16-11-4-5-12-14(13(11)24-10)25-15(17-12)18-26(20,21)19(6-8-22-2)7-9-23-3/h4-5H,6-9H2,1-3H3,(H,17,18). The zero-order valence-electron chi connectivity index (χ0n) is 14.7. The number of fused-ring (bicyclic) bond motifs is 3. The average molecular weight is 417 g/mol. The third-order valence-electron chi connectivity index (χ3n) is 3.66. The molecule has 2 aromatic heterocycles. The summed E-state index contributed by atoms with van der Waals surface area (Å²) in [6.07, 6.45) is 0. The first kappa shape index (κ1) is 19.4. The molecule has 2 heterocycles. The van der Waals surface area contributed by atoms with E-state index in [0.717, 1.165) is 25.4 Å². The maximum absolute atomic E-state index is 12.7. The van der Waals surface area contributed by atoms with Gasteiger partial charge in [0.05, 0.1) is 38.7 Å². The Hall–Kier alpha value is -1.37. The summed E-state index contributed by atoms with van der Waals surface area (Å²) in [5.41, 5.74) is 1.66. The Morgan fingerprint density at radius 2 is 1.62 bits per heavy atom. The Bertz CT molecular complexity index is 991. The zero-order chi connectivity index (χ0) is 18.7. The molecule has 0 bridgehead atoms. The van der Waals surface area contributed by atoms with E-state index >= 15 is 0 Å². The molecule has 8 nitrogen and oxygen atoms in total. The van der Waals surface area contributed by atoms with Gasteiger partial charge in [-0.15, -0.1) is 11.3 Å². The van der Waals surface area contributed by atoms with Crippen LogP contribution in [0.5, 0.6) is 0 Å². The number of hydrogen-bond acceptors (Lipinski definition) is 8. The summed E-state index contributed by atoms with van der Waals surface area (Å²) in [6, 6.07) is 3.77. The van der Waals surface area contributed by atoms with Gasteiger partial charge in [-0.2, -0.15) is 12.7 Å². The molecule has 3 aromatic rings. The number of ether oxygens (including phenoxy) is 2. The molecule has 0 spiro atoms. The third-order valence-corrected chi connectivity index (χ3v) is 7.43. The molecule has 0 amide bonds.